The van der Waals surface area contributed by atoms with E-state index < -0.39 is 16.6 Å². The number of aliphatic hydroxyl groups is 1. The molecule has 7 heteroatoms. The van der Waals surface area contributed by atoms with Gasteiger partial charge in [0.25, 0.3) is 5.69 Å². The van der Waals surface area contributed by atoms with Gasteiger partial charge in [0, 0.05) is 18.8 Å². The fourth-order valence-electron chi connectivity index (χ4n) is 4.52. The summed E-state index contributed by atoms with van der Waals surface area (Å²) in [7, 11) is 0. The molecule has 148 valence electrons. The zero-order chi connectivity index (χ0) is 19.6. The van der Waals surface area contributed by atoms with Gasteiger partial charge in [0.15, 0.2) is 0 Å². The number of hydrogen-bond donors (Lipinski definition) is 2. The first kappa shape index (κ1) is 19.0. The van der Waals surface area contributed by atoms with Crippen LogP contribution >= 0.6 is 0 Å². The third kappa shape index (κ3) is 3.65. The van der Waals surface area contributed by atoms with Crippen LogP contribution in [-0.4, -0.2) is 32.8 Å². The monoisotopic (exact) mass is 383 g/mol. The van der Waals surface area contributed by atoms with E-state index in [4.69, 9.17) is 4.74 Å². The Morgan fingerprint density at radius 2 is 2.11 bits per heavy atom. The molecule has 0 unspecified atom stereocenters. The number of fused-ring (bicyclic) bond motifs is 1. The van der Waals surface area contributed by atoms with Gasteiger partial charge in [-0.05, 0) is 30.9 Å². The minimum Gasteiger partial charge on any atom is -0.386 e. The predicted molar refractivity (Wildman–Crippen MR) is 104 cm³/mol. The fourth-order valence-corrected chi connectivity index (χ4v) is 4.52. The Balaban J connectivity index is 1.60. The highest BCUT2D eigenvalue weighted by atomic mass is 16.6. The van der Waals surface area contributed by atoms with E-state index in [-0.39, 0.29) is 17.8 Å². The van der Waals surface area contributed by atoms with E-state index in [0.717, 1.165) is 24.8 Å². The zero-order valence-electron chi connectivity index (χ0n) is 15.7. The van der Waals surface area contributed by atoms with Crippen LogP contribution in [0, 0.1) is 10.1 Å². The number of nitrogens with zero attached hydrogens (tertiary/aromatic N) is 2. The summed E-state index contributed by atoms with van der Waals surface area (Å²) >= 11 is 0. The van der Waals surface area contributed by atoms with Gasteiger partial charge in [-0.25, -0.2) is 0 Å². The number of benzene rings is 1. The molecule has 2 heterocycles. The molecular weight excluding hydrogens is 358 g/mol. The molecule has 7 nitrogen and oxygen atoms in total. The van der Waals surface area contributed by atoms with Gasteiger partial charge in [-0.15, -0.1) is 0 Å². The molecule has 1 aromatic carbocycles. The molecule has 1 saturated heterocycles. The molecule has 0 amide bonds. The average molecular weight is 383 g/mol. The lowest BCUT2D eigenvalue weighted by Gasteiger charge is -2.51. The molecule has 2 aliphatic rings. The van der Waals surface area contributed by atoms with Crippen molar-refractivity contribution in [2.45, 2.75) is 62.5 Å². The quantitative estimate of drug-likeness (QED) is 0.607. The van der Waals surface area contributed by atoms with Gasteiger partial charge in [0.1, 0.15) is 11.8 Å². The van der Waals surface area contributed by atoms with Gasteiger partial charge in [0.05, 0.1) is 22.7 Å². The largest absolute Gasteiger partial charge is 0.386 e. The second-order valence-electron chi connectivity index (χ2n) is 7.70. The van der Waals surface area contributed by atoms with Crippen LogP contribution in [0.25, 0.3) is 0 Å². The molecule has 1 saturated carbocycles. The van der Waals surface area contributed by atoms with Crippen LogP contribution in [0.1, 0.15) is 49.3 Å². The summed E-state index contributed by atoms with van der Waals surface area (Å²) < 4.78 is 6.23. The highest BCUT2D eigenvalue weighted by molar-refractivity contribution is 5.39. The van der Waals surface area contributed by atoms with Crippen molar-refractivity contribution in [1.29, 1.82) is 0 Å². The van der Waals surface area contributed by atoms with Crippen LogP contribution in [-0.2, 0) is 11.3 Å². The van der Waals surface area contributed by atoms with Gasteiger partial charge in [0.2, 0.25) is 0 Å². The normalized spacial score (nSPS) is 29.8. The lowest BCUT2D eigenvalue weighted by molar-refractivity contribution is -0.387. The lowest BCUT2D eigenvalue weighted by atomic mass is 9.72. The van der Waals surface area contributed by atoms with E-state index in [1.807, 2.05) is 30.3 Å². The molecule has 2 N–H and O–H groups in total. The maximum Gasteiger partial charge on any atom is 0.293 e. The maximum absolute atomic E-state index is 11.4. The lowest BCUT2D eigenvalue weighted by Crippen LogP contribution is -2.63. The number of nitrogens with one attached hydrogen (secondary N) is 1. The number of hydrogen-bond acceptors (Lipinski definition) is 6. The van der Waals surface area contributed by atoms with Gasteiger partial charge >= 0.3 is 0 Å². The van der Waals surface area contributed by atoms with Crippen molar-refractivity contribution in [1.82, 2.24) is 10.3 Å². The van der Waals surface area contributed by atoms with Crippen LogP contribution in [0.5, 0.6) is 0 Å². The Hall–Kier alpha value is -2.35. The molecule has 28 heavy (non-hydrogen) atoms. The van der Waals surface area contributed by atoms with Gasteiger partial charge in [-0.3, -0.25) is 15.1 Å². The van der Waals surface area contributed by atoms with Crippen LogP contribution in [0.4, 0.5) is 5.69 Å². The standard InChI is InChI=1S/C21H25N3O4/c25-21-10-5-4-8-20(21)28-18(16-9-11-22-14-17(16)24(26)27)12-19(21)23-13-15-6-2-1-3-7-15/h1-3,6-7,9,11,14,18-20,23,25H,4-5,8,10,12-13H2/t18-,19-,20-,21+/m1/s1. The van der Waals surface area contributed by atoms with Gasteiger partial charge < -0.3 is 15.2 Å². The highest BCUT2D eigenvalue weighted by Gasteiger charge is 2.51. The highest BCUT2D eigenvalue weighted by Crippen LogP contribution is 2.45. The summed E-state index contributed by atoms with van der Waals surface area (Å²) in [6, 6.07) is 11.5. The summed E-state index contributed by atoms with van der Waals surface area (Å²) in [5.41, 5.74) is 0.678. The molecular formula is C21H25N3O4. The Kier molecular flexibility index (Phi) is 5.39. The molecule has 4 atom stereocenters. The Labute approximate surface area is 163 Å². The summed E-state index contributed by atoms with van der Waals surface area (Å²) in [5.74, 6) is 0. The van der Waals surface area contributed by atoms with E-state index in [1.165, 1.54) is 6.20 Å². The Morgan fingerprint density at radius 3 is 2.89 bits per heavy atom. The summed E-state index contributed by atoms with van der Waals surface area (Å²) in [6.07, 6.45) is 5.91. The second kappa shape index (κ2) is 7.95. The fraction of sp³-hybridized carbons (Fsp3) is 0.476. The summed E-state index contributed by atoms with van der Waals surface area (Å²) in [6.45, 7) is 0.631. The molecule has 4 rings (SSSR count). The van der Waals surface area contributed by atoms with E-state index in [0.29, 0.717) is 24.9 Å². The maximum atomic E-state index is 11.4. The van der Waals surface area contributed by atoms with Crippen molar-refractivity contribution in [2.75, 3.05) is 0 Å². The van der Waals surface area contributed by atoms with E-state index in [1.54, 1.807) is 12.3 Å². The second-order valence-corrected chi connectivity index (χ2v) is 7.70. The number of rotatable bonds is 5. The molecule has 2 aromatic rings. The Bertz CT molecular complexity index is 831. The van der Waals surface area contributed by atoms with Crippen molar-refractivity contribution in [3.63, 3.8) is 0 Å². The van der Waals surface area contributed by atoms with Crippen molar-refractivity contribution >= 4 is 5.69 Å². The number of nitro groups is 1. The van der Waals surface area contributed by atoms with Crippen molar-refractivity contribution < 1.29 is 14.8 Å². The van der Waals surface area contributed by atoms with Gasteiger partial charge in [-0.2, -0.15) is 0 Å². The minimum absolute atomic E-state index is 0.0319. The summed E-state index contributed by atoms with van der Waals surface area (Å²) in [5, 5.41) is 26.4. The first-order valence-corrected chi connectivity index (χ1v) is 9.81. The SMILES string of the molecule is O=[N+]([O-])c1cnccc1[C@H]1C[C@@H](NCc2ccccc2)[C@@]2(O)CCCC[C@H]2O1. The molecule has 1 aliphatic heterocycles. The topological polar surface area (TPSA) is 97.5 Å². The van der Waals surface area contributed by atoms with Crippen LogP contribution in [0.3, 0.4) is 0 Å². The average Bonchev–Trinajstić information content (AvgIpc) is 2.72. The van der Waals surface area contributed by atoms with E-state index >= 15 is 0 Å². The van der Waals surface area contributed by atoms with Crippen LogP contribution in [0.2, 0.25) is 0 Å². The number of ether oxygens (including phenoxy) is 1. The molecule has 1 aliphatic carbocycles. The third-order valence-electron chi connectivity index (χ3n) is 6.00. The minimum atomic E-state index is -0.953. The van der Waals surface area contributed by atoms with E-state index in [9.17, 15) is 15.2 Å². The van der Waals surface area contributed by atoms with Crippen molar-refractivity contribution in [2.24, 2.45) is 0 Å². The first-order valence-electron chi connectivity index (χ1n) is 9.81. The molecule has 2 fully saturated rings. The van der Waals surface area contributed by atoms with Crippen LogP contribution in [0.15, 0.2) is 48.8 Å². The molecule has 1 aromatic heterocycles. The molecule has 0 radical (unpaired) electrons. The van der Waals surface area contributed by atoms with E-state index in [2.05, 4.69) is 10.3 Å². The molecule has 0 spiro atoms. The molecule has 0 bridgehead atoms. The zero-order valence-corrected chi connectivity index (χ0v) is 15.7. The van der Waals surface area contributed by atoms with Crippen molar-refractivity contribution in [3.8, 4) is 0 Å². The summed E-state index contributed by atoms with van der Waals surface area (Å²) in [4.78, 5) is 14.9. The first-order chi connectivity index (χ1) is 13.6. The van der Waals surface area contributed by atoms with Gasteiger partial charge in [-0.1, -0.05) is 43.2 Å². The smallest absolute Gasteiger partial charge is 0.293 e. The third-order valence-corrected chi connectivity index (χ3v) is 6.00. The Morgan fingerprint density at radius 1 is 1.29 bits per heavy atom. The van der Waals surface area contributed by atoms with Crippen molar-refractivity contribution in [3.05, 3.63) is 70.0 Å². The number of aromatic nitrogens is 1. The van der Waals surface area contributed by atoms with Crippen LogP contribution < -0.4 is 5.32 Å². The number of pyridine rings is 1. The predicted octanol–water partition coefficient (Wildman–Crippen LogP) is 3.28.